The van der Waals surface area contributed by atoms with Gasteiger partial charge in [0, 0.05) is 44.7 Å². The van der Waals surface area contributed by atoms with E-state index in [1.54, 1.807) is 12.4 Å². The van der Waals surface area contributed by atoms with Crippen LogP contribution in [0.15, 0.2) is 24.5 Å². The van der Waals surface area contributed by atoms with Gasteiger partial charge in [-0.2, -0.15) is 0 Å². The van der Waals surface area contributed by atoms with Gasteiger partial charge in [-0.25, -0.2) is 0 Å². The molecule has 3 fully saturated rings. The van der Waals surface area contributed by atoms with Crippen molar-refractivity contribution >= 4 is 5.91 Å². The molecule has 1 atom stereocenters. The molecule has 0 unspecified atom stereocenters. The Hall–Kier alpha value is -1.50. The number of nitrogens with zero attached hydrogens (tertiary/aromatic N) is 2. The highest BCUT2D eigenvalue weighted by atomic mass is 16.5. The van der Waals surface area contributed by atoms with Gasteiger partial charge in [0.25, 0.3) is 0 Å². The first-order valence-corrected chi connectivity index (χ1v) is 10.2. The molecule has 0 radical (unpaired) electrons. The van der Waals surface area contributed by atoms with Crippen LogP contribution in [0.2, 0.25) is 0 Å². The number of hydrogen-bond donors (Lipinski definition) is 0. The number of amides is 1. The van der Waals surface area contributed by atoms with Crippen molar-refractivity contribution in [2.45, 2.75) is 44.3 Å². The van der Waals surface area contributed by atoms with E-state index in [1.165, 1.54) is 0 Å². The third kappa shape index (κ3) is 4.68. The highest BCUT2D eigenvalue weighted by Gasteiger charge is 2.50. The Morgan fingerprint density at radius 1 is 1.19 bits per heavy atom. The van der Waals surface area contributed by atoms with Gasteiger partial charge in [0.1, 0.15) is 5.60 Å². The summed E-state index contributed by atoms with van der Waals surface area (Å²) in [4.78, 5) is 18.6. The smallest absolute Gasteiger partial charge is 0.226 e. The normalized spacial score (nSPS) is 25.3. The topological polar surface area (TPSA) is 60.9 Å². The van der Waals surface area contributed by atoms with E-state index >= 15 is 0 Å². The summed E-state index contributed by atoms with van der Waals surface area (Å²) in [5.41, 5.74) is 1.06. The number of carbonyl (C=O) groups is 1. The summed E-state index contributed by atoms with van der Waals surface area (Å²) in [7, 11) is 0. The van der Waals surface area contributed by atoms with Gasteiger partial charge < -0.3 is 19.1 Å². The van der Waals surface area contributed by atoms with Gasteiger partial charge in [-0.15, -0.1) is 0 Å². The molecule has 4 heterocycles. The second-order valence-corrected chi connectivity index (χ2v) is 8.17. The predicted octanol–water partition coefficient (Wildman–Crippen LogP) is 2.42. The molecule has 6 heteroatoms. The first-order chi connectivity index (χ1) is 13.2. The lowest BCUT2D eigenvalue weighted by Crippen LogP contribution is -2.67. The average molecular weight is 374 g/mol. The molecule has 0 aromatic carbocycles. The van der Waals surface area contributed by atoms with Crippen LogP contribution in [0.25, 0.3) is 0 Å². The van der Waals surface area contributed by atoms with Crippen molar-refractivity contribution in [2.24, 2.45) is 11.8 Å². The zero-order valence-corrected chi connectivity index (χ0v) is 16.0. The van der Waals surface area contributed by atoms with Crippen LogP contribution in [-0.2, 0) is 25.6 Å². The van der Waals surface area contributed by atoms with Gasteiger partial charge in [0.05, 0.1) is 19.7 Å². The van der Waals surface area contributed by atoms with E-state index < -0.39 is 0 Å². The minimum absolute atomic E-state index is 0.102. The summed E-state index contributed by atoms with van der Waals surface area (Å²) in [6, 6.07) is 3.98. The quantitative estimate of drug-likeness (QED) is 0.716. The summed E-state index contributed by atoms with van der Waals surface area (Å²) in [6.45, 7) is 5.17. The molecule has 0 aliphatic carbocycles. The van der Waals surface area contributed by atoms with Crippen LogP contribution >= 0.6 is 0 Å². The summed E-state index contributed by atoms with van der Waals surface area (Å²) in [6.07, 6.45) is 8.51. The van der Waals surface area contributed by atoms with Gasteiger partial charge in [-0.1, -0.05) is 0 Å². The molecule has 1 spiro atoms. The molecule has 1 aromatic rings. The number of hydrogen-bond acceptors (Lipinski definition) is 5. The molecule has 27 heavy (non-hydrogen) atoms. The Bertz CT molecular complexity index is 612. The molecule has 1 amide bonds. The molecule has 4 rings (SSSR count). The van der Waals surface area contributed by atoms with E-state index in [9.17, 15) is 4.79 Å². The van der Waals surface area contributed by atoms with Crippen LogP contribution in [0.3, 0.4) is 0 Å². The largest absolute Gasteiger partial charge is 0.381 e. The Labute approximate surface area is 161 Å². The number of aromatic nitrogens is 1. The molecule has 3 aliphatic heterocycles. The highest BCUT2D eigenvalue weighted by Crippen LogP contribution is 2.39. The first kappa shape index (κ1) is 18.8. The van der Waals surface area contributed by atoms with Crippen molar-refractivity contribution < 1.29 is 19.0 Å². The Morgan fingerprint density at radius 3 is 2.74 bits per heavy atom. The van der Waals surface area contributed by atoms with E-state index in [1.807, 2.05) is 17.0 Å². The lowest BCUT2D eigenvalue weighted by atomic mass is 9.78. The van der Waals surface area contributed by atoms with Crippen LogP contribution in [0.5, 0.6) is 0 Å². The lowest BCUT2D eigenvalue weighted by Gasteiger charge is -2.54. The maximum atomic E-state index is 12.6. The number of rotatable bonds is 6. The van der Waals surface area contributed by atoms with Crippen molar-refractivity contribution in [3.8, 4) is 0 Å². The van der Waals surface area contributed by atoms with Crippen LogP contribution in [0, 0.1) is 11.8 Å². The molecule has 0 bridgehead atoms. The summed E-state index contributed by atoms with van der Waals surface area (Å²) >= 11 is 0. The molecule has 1 aromatic heterocycles. The van der Waals surface area contributed by atoms with E-state index in [0.717, 1.165) is 64.0 Å². The van der Waals surface area contributed by atoms with Crippen molar-refractivity contribution in [3.05, 3.63) is 30.1 Å². The van der Waals surface area contributed by atoms with Gasteiger partial charge in [0.2, 0.25) is 5.91 Å². The fourth-order valence-corrected chi connectivity index (χ4v) is 4.52. The fraction of sp³-hybridized carbons (Fsp3) is 0.714. The fourth-order valence-electron chi connectivity index (χ4n) is 4.52. The Kier molecular flexibility index (Phi) is 6.05. The third-order valence-corrected chi connectivity index (χ3v) is 6.12. The molecule has 0 N–H and O–H groups in total. The molecular weight excluding hydrogens is 344 g/mol. The SMILES string of the molecule is O=C(C1CCOCC1)N1CC2(C[C@H](CCOCc3ccncc3)CCO2)C1. The monoisotopic (exact) mass is 374 g/mol. The van der Waals surface area contributed by atoms with Crippen LogP contribution in [-0.4, -0.2) is 60.9 Å². The van der Waals surface area contributed by atoms with Crippen LogP contribution in [0.4, 0.5) is 0 Å². The molecule has 0 saturated carbocycles. The maximum Gasteiger partial charge on any atom is 0.226 e. The summed E-state index contributed by atoms with van der Waals surface area (Å²) < 4.78 is 17.3. The minimum Gasteiger partial charge on any atom is -0.381 e. The molecule has 148 valence electrons. The zero-order valence-electron chi connectivity index (χ0n) is 16.0. The van der Waals surface area contributed by atoms with E-state index in [0.29, 0.717) is 31.6 Å². The first-order valence-electron chi connectivity index (χ1n) is 10.2. The predicted molar refractivity (Wildman–Crippen MR) is 100 cm³/mol. The minimum atomic E-state index is -0.102. The third-order valence-electron chi connectivity index (χ3n) is 6.12. The van der Waals surface area contributed by atoms with Crippen molar-refractivity contribution in [1.82, 2.24) is 9.88 Å². The molecule has 3 aliphatic rings. The van der Waals surface area contributed by atoms with Gasteiger partial charge in [-0.05, 0) is 55.7 Å². The number of pyridine rings is 1. The number of ether oxygens (including phenoxy) is 3. The number of likely N-dealkylation sites (tertiary alicyclic amines) is 1. The maximum absolute atomic E-state index is 12.6. The lowest BCUT2D eigenvalue weighted by molar-refractivity contribution is -0.193. The number of carbonyl (C=O) groups excluding carboxylic acids is 1. The van der Waals surface area contributed by atoms with Gasteiger partial charge in [-0.3, -0.25) is 9.78 Å². The van der Waals surface area contributed by atoms with E-state index in [2.05, 4.69) is 4.98 Å². The van der Waals surface area contributed by atoms with Gasteiger partial charge in [0.15, 0.2) is 0 Å². The summed E-state index contributed by atoms with van der Waals surface area (Å²) in [5, 5.41) is 0. The van der Waals surface area contributed by atoms with Crippen LogP contribution in [0.1, 0.15) is 37.7 Å². The molecular formula is C21H30N2O4. The average Bonchev–Trinajstić information content (AvgIpc) is 2.70. The van der Waals surface area contributed by atoms with Crippen LogP contribution < -0.4 is 0 Å². The molecule has 3 saturated heterocycles. The van der Waals surface area contributed by atoms with Gasteiger partial charge >= 0.3 is 0 Å². The van der Waals surface area contributed by atoms with Crippen molar-refractivity contribution in [2.75, 3.05) is 39.5 Å². The standard InChI is InChI=1S/C21H30N2O4/c24-20(19-5-10-25-11-6-19)23-15-21(16-23)13-17(4-12-27-21)3-9-26-14-18-1-7-22-8-2-18/h1-2,7-8,17,19H,3-6,9-16H2/t17-/m1/s1. The van der Waals surface area contributed by atoms with E-state index in [-0.39, 0.29) is 11.5 Å². The summed E-state index contributed by atoms with van der Waals surface area (Å²) in [5.74, 6) is 1.07. The van der Waals surface area contributed by atoms with Crippen molar-refractivity contribution in [1.29, 1.82) is 0 Å². The van der Waals surface area contributed by atoms with Crippen molar-refractivity contribution in [3.63, 3.8) is 0 Å². The Balaban J connectivity index is 1.18. The second-order valence-electron chi connectivity index (χ2n) is 8.17. The zero-order chi connectivity index (χ0) is 18.5. The molecule has 6 nitrogen and oxygen atoms in total. The Morgan fingerprint density at radius 2 is 1.96 bits per heavy atom. The van der Waals surface area contributed by atoms with E-state index in [4.69, 9.17) is 14.2 Å². The second kappa shape index (κ2) is 8.67. The highest BCUT2D eigenvalue weighted by molar-refractivity contribution is 5.80.